The topological polar surface area (TPSA) is 73.2 Å². The fraction of sp³-hybridized carbons (Fsp3) is 0.409. The number of aryl methyl sites for hydroxylation is 1. The fourth-order valence-corrected chi connectivity index (χ4v) is 5.06. The van der Waals surface area contributed by atoms with Gasteiger partial charge in [-0.3, -0.25) is 4.98 Å². The smallest absolute Gasteiger partial charge is 0.404 e. The standard InChI is InChI=1S/C22H22F5N3O3S/c1-12-8-14-9-19(30(15-4-3-5-15)18(14)10-20(12)33-21(23)24)17-7-6-16(11-28-17)34(31,32)29-13(2)22(25,26)27/h6-11,13,15,21,29H,3-5H2,1-2H3. The Morgan fingerprint density at radius 3 is 2.41 bits per heavy atom. The molecule has 1 aliphatic carbocycles. The van der Waals surface area contributed by atoms with Crippen LogP contribution in [0.4, 0.5) is 22.0 Å². The summed E-state index contributed by atoms with van der Waals surface area (Å²) in [6.45, 7) is -0.595. The Bertz CT molecular complexity index is 1300. The number of fused-ring (bicyclic) bond motifs is 1. The normalized spacial score (nSPS) is 16.1. The molecule has 1 aromatic carbocycles. The van der Waals surface area contributed by atoms with Gasteiger partial charge in [-0.1, -0.05) is 0 Å². The van der Waals surface area contributed by atoms with Crippen LogP contribution in [0.1, 0.15) is 37.8 Å². The van der Waals surface area contributed by atoms with Crippen LogP contribution in [-0.2, 0) is 10.0 Å². The first-order valence-electron chi connectivity index (χ1n) is 10.5. The molecule has 1 fully saturated rings. The zero-order chi connectivity index (χ0) is 24.8. The Hall–Kier alpha value is -2.73. The number of nitrogens with one attached hydrogen (secondary N) is 1. The molecule has 184 valence electrons. The van der Waals surface area contributed by atoms with Crippen molar-refractivity contribution < 1.29 is 35.1 Å². The van der Waals surface area contributed by atoms with E-state index in [4.69, 9.17) is 0 Å². The fourth-order valence-electron chi connectivity index (χ4n) is 3.89. The van der Waals surface area contributed by atoms with E-state index in [9.17, 15) is 30.4 Å². The highest BCUT2D eigenvalue weighted by atomic mass is 32.2. The van der Waals surface area contributed by atoms with E-state index in [0.29, 0.717) is 29.4 Å². The second-order valence-corrected chi connectivity index (χ2v) is 10.0. The summed E-state index contributed by atoms with van der Waals surface area (Å²) in [4.78, 5) is 3.80. The van der Waals surface area contributed by atoms with Crippen LogP contribution in [-0.4, -0.2) is 36.8 Å². The molecule has 0 saturated heterocycles. The van der Waals surface area contributed by atoms with Gasteiger partial charge in [0.15, 0.2) is 0 Å². The summed E-state index contributed by atoms with van der Waals surface area (Å²) in [5.74, 6) is 0.0620. The van der Waals surface area contributed by atoms with Crippen LogP contribution in [0.3, 0.4) is 0 Å². The van der Waals surface area contributed by atoms with E-state index < -0.39 is 33.7 Å². The maximum atomic E-state index is 12.8. The van der Waals surface area contributed by atoms with Crippen LogP contribution in [0.15, 0.2) is 41.4 Å². The Morgan fingerprint density at radius 1 is 1.18 bits per heavy atom. The summed E-state index contributed by atoms with van der Waals surface area (Å²) in [5, 5.41) is 0.778. The van der Waals surface area contributed by atoms with E-state index in [2.05, 4.69) is 9.72 Å². The molecule has 34 heavy (non-hydrogen) atoms. The lowest BCUT2D eigenvalue weighted by Crippen LogP contribution is -2.42. The third-order valence-corrected chi connectivity index (χ3v) is 7.45. The van der Waals surface area contributed by atoms with Gasteiger partial charge in [0.25, 0.3) is 0 Å². The Morgan fingerprint density at radius 2 is 1.88 bits per heavy atom. The minimum absolute atomic E-state index is 0.0620. The second kappa shape index (κ2) is 8.81. The van der Waals surface area contributed by atoms with Crippen LogP contribution < -0.4 is 9.46 Å². The molecule has 2 heterocycles. The molecule has 0 bridgehead atoms. The van der Waals surface area contributed by atoms with Gasteiger partial charge in [0.1, 0.15) is 16.7 Å². The molecule has 12 heteroatoms. The number of alkyl halides is 5. The van der Waals surface area contributed by atoms with Gasteiger partial charge in [-0.05, 0) is 62.9 Å². The van der Waals surface area contributed by atoms with Crippen LogP contribution >= 0.6 is 0 Å². The maximum Gasteiger partial charge on any atom is 0.404 e. The first-order valence-corrected chi connectivity index (χ1v) is 12.0. The number of pyridine rings is 1. The highest BCUT2D eigenvalue weighted by molar-refractivity contribution is 7.89. The number of hydrogen-bond acceptors (Lipinski definition) is 4. The quantitative estimate of drug-likeness (QED) is 0.428. The number of ether oxygens (including phenoxy) is 1. The molecule has 1 N–H and O–H groups in total. The first kappa shape index (κ1) is 24.4. The van der Waals surface area contributed by atoms with Crippen LogP contribution in [0.25, 0.3) is 22.3 Å². The second-order valence-electron chi connectivity index (χ2n) is 8.30. The predicted molar refractivity (Wildman–Crippen MR) is 115 cm³/mol. The van der Waals surface area contributed by atoms with Crippen molar-refractivity contribution >= 4 is 20.9 Å². The van der Waals surface area contributed by atoms with Crippen molar-refractivity contribution in [3.8, 4) is 17.1 Å². The zero-order valence-electron chi connectivity index (χ0n) is 18.2. The zero-order valence-corrected chi connectivity index (χ0v) is 19.1. The molecule has 3 aromatic rings. The van der Waals surface area contributed by atoms with Crippen molar-refractivity contribution in [1.82, 2.24) is 14.3 Å². The van der Waals surface area contributed by atoms with Crippen LogP contribution in [0.5, 0.6) is 5.75 Å². The molecule has 2 aromatic heterocycles. The summed E-state index contributed by atoms with van der Waals surface area (Å²) >= 11 is 0. The average Bonchev–Trinajstić information content (AvgIpc) is 3.03. The van der Waals surface area contributed by atoms with Gasteiger partial charge in [0, 0.05) is 23.7 Å². The lowest BCUT2D eigenvalue weighted by atomic mass is 9.92. The summed E-state index contributed by atoms with van der Waals surface area (Å²) in [6.07, 6.45) is -0.970. The van der Waals surface area contributed by atoms with E-state index in [1.54, 1.807) is 23.8 Å². The molecule has 1 saturated carbocycles. The minimum Gasteiger partial charge on any atom is -0.434 e. The lowest BCUT2D eigenvalue weighted by Gasteiger charge is -2.30. The Balaban J connectivity index is 1.73. The Labute approximate surface area is 192 Å². The van der Waals surface area contributed by atoms with E-state index in [1.807, 2.05) is 10.6 Å². The highest BCUT2D eigenvalue weighted by Gasteiger charge is 2.39. The third kappa shape index (κ3) is 4.74. The van der Waals surface area contributed by atoms with E-state index >= 15 is 0 Å². The van der Waals surface area contributed by atoms with Gasteiger partial charge in [-0.2, -0.15) is 26.7 Å². The molecule has 1 unspecified atom stereocenters. The highest BCUT2D eigenvalue weighted by Crippen LogP contribution is 2.41. The largest absolute Gasteiger partial charge is 0.434 e. The summed E-state index contributed by atoms with van der Waals surface area (Å²) < 4.78 is 96.9. The van der Waals surface area contributed by atoms with Gasteiger partial charge in [-0.25, -0.2) is 8.42 Å². The van der Waals surface area contributed by atoms with Gasteiger partial charge in [0.05, 0.1) is 16.9 Å². The van der Waals surface area contributed by atoms with Crippen molar-refractivity contribution in [3.05, 3.63) is 42.1 Å². The van der Waals surface area contributed by atoms with Crippen molar-refractivity contribution in [3.63, 3.8) is 0 Å². The van der Waals surface area contributed by atoms with E-state index in [0.717, 1.165) is 30.8 Å². The summed E-state index contributed by atoms with van der Waals surface area (Å²) in [7, 11) is -4.44. The maximum absolute atomic E-state index is 12.8. The van der Waals surface area contributed by atoms with Gasteiger partial charge in [-0.15, -0.1) is 0 Å². The van der Waals surface area contributed by atoms with E-state index in [1.165, 1.54) is 12.1 Å². The van der Waals surface area contributed by atoms with Gasteiger partial charge in [0.2, 0.25) is 10.0 Å². The molecule has 0 aliphatic heterocycles. The number of rotatable bonds is 7. The van der Waals surface area contributed by atoms with Gasteiger partial charge >= 0.3 is 12.8 Å². The molecule has 0 radical (unpaired) electrons. The number of halogens is 5. The molecule has 0 amide bonds. The first-order chi connectivity index (χ1) is 15.9. The number of aromatic nitrogens is 2. The minimum atomic E-state index is -4.73. The molecular weight excluding hydrogens is 481 g/mol. The van der Waals surface area contributed by atoms with Crippen LogP contribution in [0, 0.1) is 6.92 Å². The molecule has 6 nitrogen and oxygen atoms in total. The molecular formula is C22H22F5N3O3S. The lowest BCUT2D eigenvalue weighted by molar-refractivity contribution is -0.147. The van der Waals surface area contributed by atoms with Gasteiger partial charge < -0.3 is 9.30 Å². The van der Waals surface area contributed by atoms with Crippen molar-refractivity contribution in [2.75, 3.05) is 0 Å². The molecule has 4 rings (SSSR count). The number of sulfonamides is 1. The average molecular weight is 503 g/mol. The third-order valence-electron chi connectivity index (χ3n) is 5.92. The predicted octanol–water partition coefficient (Wildman–Crippen LogP) is 5.57. The van der Waals surface area contributed by atoms with Crippen molar-refractivity contribution in [2.24, 2.45) is 0 Å². The summed E-state index contributed by atoms with van der Waals surface area (Å²) in [6, 6.07) is 5.56. The SMILES string of the molecule is Cc1cc2cc(-c3ccc(S(=O)(=O)NC(C)C(F)(F)F)cn3)n(C3CCC3)c2cc1OC(F)F. The van der Waals surface area contributed by atoms with Crippen molar-refractivity contribution in [2.45, 2.75) is 62.9 Å². The summed E-state index contributed by atoms with van der Waals surface area (Å²) in [5.41, 5.74) is 2.26. The van der Waals surface area contributed by atoms with Crippen LogP contribution in [0.2, 0.25) is 0 Å². The molecule has 1 aliphatic rings. The number of benzene rings is 1. The van der Waals surface area contributed by atoms with Crippen molar-refractivity contribution in [1.29, 1.82) is 0 Å². The Kier molecular flexibility index (Phi) is 6.32. The monoisotopic (exact) mass is 503 g/mol. The molecule has 1 atom stereocenters. The number of nitrogens with zero attached hydrogens (tertiary/aromatic N) is 2. The number of hydrogen-bond donors (Lipinski definition) is 1. The molecule has 0 spiro atoms. The van der Waals surface area contributed by atoms with E-state index in [-0.39, 0.29) is 11.8 Å².